The first-order valence-corrected chi connectivity index (χ1v) is 7.42. The fraction of sp³-hybridized carbons (Fsp3) is 1.00. The summed E-state index contributed by atoms with van der Waals surface area (Å²) in [4.78, 5) is 0. The van der Waals surface area contributed by atoms with Crippen molar-refractivity contribution in [1.82, 2.24) is 0 Å². The van der Waals surface area contributed by atoms with Crippen LogP contribution < -0.4 is 0 Å². The smallest absolute Gasteiger partial charge is 0.0780 e. The summed E-state index contributed by atoms with van der Waals surface area (Å²) >= 11 is 3.65. The topological polar surface area (TPSA) is 18.5 Å². The summed E-state index contributed by atoms with van der Waals surface area (Å²) in [5.41, 5.74) is 0.311. The Morgan fingerprint density at radius 1 is 1.19 bits per heavy atom. The van der Waals surface area contributed by atoms with Crippen LogP contribution in [0.4, 0.5) is 0 Å². The molecule has 0 radical (unpaired) electrons. The minimum Gasteiger partial charge on any atom is -0.382 e. The summed E-state index contributed by atoms with van der Waals surface area (Å²) in [6.45, 7) is 8.07. The van der Waals surface area contributed by atoms with E-state index in [0.717, 1.165) is 11.9 Å². The van der Waals surface area contributed by atoms with Crippen molar-refractivity contribution in [2.45, 2.75) is 52.6 Å². The molecule has 3 heteroatoms. The molecule has 1 atom stereocenters. The molecular formula is C13H27BrO2. The van der Waals surface area contributed by atoms with E-state index in [2.05, 4.69) is 36.7 Å². The molecule has 0 amide bonds. The lowest BCUT2D eigenvalue weighted by Crippen LogP contribution is -2.31. The van der Waals surface area contributed by atoms with E-state index >= 15 is 0 Å². The Labute approximate surface area is 109 Å². The van der Waals surface area contributed by atoms with E-state index in [1.807, 2.05) is 0 Å². The lowest BCUT2D eigenvalue weighted by molar-refractivity contribution is -0.0326. The molecular weight excluding hydrogens is 268 g/mol. The Hall–Kier alpha value is 0.400. The molecule has 0 aromatic carbocycles. The van der Waals surface area contributed by atoms with E-state index in [1.165, 1.54) is 25.7 Å². The quantitative estimate of drug-likeness (QED) is 0.567. The van der Waals surface area contributed by atoms with E-state index in [9.17, 15) is 0 Å². The van der Waals surface area contributed by atoms with Gasteiger partial charge in [0, 0.05) is 17.9 Å². The van der Waals surface area contributed by atoms with Gasteiger partial charge in [0.15, 0.2) is 0 Å². The Balaban J connectivity index is 4.17. The van der Waals surface area contributed by atoms with Crippen molar-refractivity contribution in [2.75, 3.05) is 25.7 Å². The van der Waals surface area contributed by atoms with Crippen molar-refractivity contribution in [3.63, 3.8) is 0 Å². The molecule has 1 unspecified atom stereocenters. The molecule has 0 aromatic heterocycles. The maximum Gasteiger partial charge on any atom is 0.0780 e. The molecule has 0 rings (SSSR count). The van der Waals surface area contributed by atoms with E-state index in [1.54, 1.807) is 7.11 Å². The predicted molar refractivity (Wildman–Crippen MR) is 73.3 cm³/mol. The van der Waals surface area contributed by atoms with Gasteiger partial charge in [0.1, 0.15) is 0 Å². The predicted octanol–water partition coefficient (Wildman–Crippen LogP) is 4.02. The Morgan fingerprint density at radius 3 is 2.12 bits per heavy atom. The van der Waals surface area contributed by atoms with E-state index in [0.29, 0.717) is 12.0 Å². The number of hydrogen-bond acceptors (Lipinski definition) is 2. The first-order valence-electron chi connectivity index (χ1n) is 6.30. The second-order valence-electron chi connectivity index (χ2n) is 4.71. The summed E-state index contributed by atoms with van der Waals surface area (Å²) in [6, 6.07) is 0. The van der Waals surface area contributed by atoms with Gasteiger partial charge >= 0.3 is 0 Å². The second-order valence-corrected chi connectivity index (χ2v) is 5.27. The molecule has 0 saturated carbocycles. The van der Waals surface area contributed by atoms with Crippen LogP contribution in [-0.2, 0) is 9.47 Å². The number of rotatable bonds is 10. The van der Waals surface area contributed by atoms with E-state index in [-0.39, 0.29) is 6.10 Å². The SMILES string of the molecule is CCCC(CBr)(CCC)COC(C)COC. The summed E-state index contributed by atoms with van der Waals surface area (Å²) in [5, 5.41) is 1.03. The summed E-state index contributed by atoms with van der Waals surface area (Å²) in [5.74, 6) is 0. The van der Waals surface area contributed by atoms with Gasteiger partial charge in [-0.2, -0.15) is 0 Å². The van der Waals surface area contributed by atoms with Gasteiger partial charge in [0.05, 0.1) is 19.3 Å². The molecule has 0 aliphatic rings. The fourth-order valence-corrected chi connectivity index (χ4v) is 2.83. The third kappa shape index (κ3) is 6.21. The molecule has 16 heavy (non-hydrogen) atoms. The molecule has 0 saturated heterocycles. The third-order valence-electron chi connectivity index (χ3n) is 2.92. The van der Waals surface area contributed by atoms with Gasteiger partial charge in [-0.05, 0) is 19.8 Å². The highest BCUT2D eigenvalue weighted by Gasteiger charge is 2.28. The normalized spacial score (nSPS) is 14.1. The van der Waals surface area contributed by atoms with Crippen molar-refractivity contribution in [3.8, 4) is 0 Å². The summed E-state index contributed by atoms with van der Waals surface area (Å²) in [7, 11) is 1.72. The summed E-state index contributed by atoms with van der Waals surface area (Å²) in [6.07, 6.45) is 5.08. The molecule has 0 aliphatic heterocycles. The number of hydrogen-bond donors (Lipinski definition) is 0. The van der Waals surface area contributed by atoms with Crippen LogP contribution in [0.2, 0.25) is 0 Å². The van der Waals surface area contributed by atoms with Crippen molar-refractivity contribution >= 4 is 15.9 Å². The van der Waals surface area contributed by atoms with Crippen LogP contribution >= 0.6 is 15.9 Å². The standard InChI is InChI=1S/C13H27BrO2/c1-5-7-13(10-14,8-6-2)11-16-12(3)9-15-4/h12H,5-11H2,1-4H3. The van der Waals surface area contributed by atoms with Crippen LogP contribution in [0.5, 0.6) is 0 Å². The van der Waals surface area contributed by atoms with Crippen LogP contribution in [0.15, 0.2) is 0 Å². The van der Waals surface area contributed by atoms with E-state index in [4.69, 9.17) is 9.47 Å². The lowest BCUT2D eigenvalue weighted by Gasteiger charge is -2.32. The molecule has 0 aliphatic carbocycles. The fourth-order valence-electron chi connectivity index (χ4n) is 2.10. The molecule has 2 nitrogen and oxygen atoms in total. The average molecular weight is 295 g/mol. The van der Waals surface area contributed by atoms with E-state index < -0.39 is 0 Å². The van der Waals surface area contributed by atoms with Crippen molar-refractivity contribution < 1.29 is 9.47 Å². The number of methoxy groups -OCH3 is 1. The molecule has 0 spiro atoms. The van der Waals surface area contributed by atoms with Crippen molar-refractivity contribution in [2.24, 2.45) is 5.41 Å². The van der Waals surface area contributed by atoms with Gasteiger partial charge in [-0.1, -0.05) is 42.6 Å². The second kappa shape index (κ2) is 9.43. The third-order valence-corrected chi connectivity index (χ3v) is 4.11. The maximum absolute atomic E-state index is 5.89. The minimum atomic E-state index is 0.192. The van der Waals surface area contributed by atoms with Gasteiger partial charge in [0.25, 0.3) is 0 Å². The van der Waals surface area contributed by atoms with Gasteiger partial charge in [-0.3, -0.25) is 0 Å². The molecule has 0 heterocycles. The molecule has 0 bridgehead atoms. The summed E-state index contributed by atoms with van der Waals surface area (Å²) < 4.78 is 11.0. The Morgan fingerprint density at radius 2 is 1.75 bits per heavy atom. The van der Waals surface area contributed by atoms with Crippen LogP contribution in [0.3, 0.4) is 0 Å². The molecule has 0 fully saturated rings. The molecule has 0 aromatic rings. The van der Waals surface area contributed by atoms with Gasteiger partial charge in [0.2, 0.25) is 0 Å². The number of ether oxygens (including phenoxy) is 2. The lowest BCUT2D eigenvalue weighted by atomic mass is 9.82. The monoisotopic (exact) mass is 294 g/mol. The zero-order valence-electron chi connectivity index (χ0n) is 11.2. The molecule has 98 valence electrons. The highest BCUT2D eigenvalue weighted by Crippen LogP contribution is 2.32. The Bertz CT molecular complexity index is 156. The van der Waals surface area contributed by atoms with Crippen molar-refractivity contribution in [3.05, 3.63) is 0 Å². The van der Waals surface area contributed by atoms with Crippen LogP contribution in [0.25, 0.3) is 0 Å². The largest absolute Gasteiger partial charge is 0.382 e. The minimum absolute atomic E-state index is 0.192. The van der Waals surface area contributed by atoms with Gasteiger partial charge in [-0.15, -0.1) is 0 Å². The van der Waals surface area contributed by atoms with Gasteiger partial charge in [-0.25, -0.2) is 0 Å². The number of halogens is 1. The zero-order valence-corrected chi connectivity index (χ0v) is 12.8. The first kappa shape index (κ1) is 16.4. The number of alkyl halides is 1. The highest BCUT2D eigenvalue weighted by molar-refractivity contribution is 9.09. The zero-order chi connectivity index (χ0) is 12.4. The molecule has 0 N–H and O–H groups in total. The first-order chi connectivity index (χ1) is 7.64. The Kier molecular flexibility index (Phi) is 9.67. The van der Waals surface area contributed by atoms with Crippen LogP contribution in [0.1, 0.15) is 46.5 Å². The van der Waals surface area contributed by atoms with Gasteiger partial charge < -0.3 is 9.47 Å². The highest BCUT2D eigenvalue weighted by atomic mass is 79.9. The average Bonchev–Trinajstić information content (AvgIpc) is 2.27. The maximum atomic E-state index is 5.89. The van der Waals surface area contributed by atoms with Crippen molar-refractivity contribution in [1.29, 1.82) is 0 Å². The van der Waals surface area contributed by atoms with Crippen LogP contribution in [-0.4, -0.2) is 31.8 Å². The van der Waals surface area contributed by atoms with Crippen LogP contribution in [0, 0.1) is 5.41 Å².